The van der Waals surface area contributed by atoms with E-state index in [1.54, 1.807) is 33.6 Å². The van der Waals surface area contributed by atoms with Crippen LogP contribution in [0.25, 0.3) is 0 Å². The quantitative estimate of drug-likeness (QED) is 0.169. The Kier molecular flexibility index (Phi) is 10.7. The minimum atomic E-state index is -2.57. The van der Waals surface area contributed by atoms with Crippen molar-refractivity contribution in [3.8, 4) is 17.6 Å². The molecule has 0 atom stereocenters. The SMILES string of the molecule is COCCC#CC(=O)Nc1cc(Nc2ncc(Cl)c(Nc3ccccc3P(C)(C)=O)n2)c(OC)cc1N1CCOCC1. The van der Waals surface area contributed by atoms with Crippen LogP contribution >= 0.6 is 18.7 Å². The number of amides is 1. The molecule has 42 heavy (non-hydrogen) atoms. The van der Waals surface area contributed by atoms with Crippen LogP contribution in [0.4, 0.5) is 34.5 Å². The number of carbonyl (C=O) groups is 1. The normalized spacial score (nSPS) is 13.1. The summed E-state index contributed by atoms with van der Waals surface area (Å²) in [6.07, 6.45) is 1.91. The van der Waals surface area contributed by atoms with E-state index in [2.05, 4.69) is 42.7 Å². The Morgan fingerprint density at radius 2 is 1.88 bits per heavy atom. The van der Waals surface area contributed by atoms with Crippen molar-refractivity contribution in [2.75, 3.05) is 81.3 Å². The van der Waals surface area contributed by atoms with E-state index in [1.165, 1.54) is 6.20 Å². The molecule has 11 nitrogen and oxygen atoms in total. The third kappa shape index (κ3) is 8.14. The number of para-hydroxylation sites is 1. The number of hydrogen-bond donors (Lipinski definition) is 3. The average molecular weight is 613 g/mol. The van der Waals surface area contributed by atoms with E-state index in [4.69, 9.17) is 25.8 Å². The summed E-state index contributed by atoms with van der Waals surface area (Å²) >= 11 is 6.43. The van der Waals surface area contributed by atoms with Gasteiger partial charge in [0.05, 0.1) is 55.9 Å². The molecular weight excluding hydrogens is 579 g/mol. The Hall–Kier alpha value is -3.81. The van der Waals surface area contributed by atoms with E-state index < -0.39 is 13.0 Å². The highest BCUT2D eigenvalue weighted by atomic mass is 35.5. The highest BCUT2D eigenvalue weighted by Crippen LogP contribution is 2.40. The predicted octanol–water partition coefficient (Wildman–Crippen LogP) is 4.69. The first kappa shape index (κ1) is 31.1. The van der Waals surface area contributed by atoms with Crippen LogP contribution < -0.4 is 30.9 Å². The highest BCUT2D eigenvalue weighted by Gasteiger charge is 2.21. The average Bonchev–Trinajstić information content (AvgIpc) is 2.97. The number of carbonyl (C=O) groups excluding carboxylic acids is 1. The zero-order valence-corrected chi connectivity index (χ0v) is 25.6. The molecule has 1 saturated heterocycles. The lowest BCUT2D eigenvalue weighted by molar-refractivity contribution is -0.111. The Balaban J connectivity index is 1.66. The first-order valence-corrected chi connectivity index (χ1v) is 16.2. The Labute approximate surface area is 250 Å². The van der Waals surface area contributed by atoms with Crippen LogP contribution in [0.1, 0.15) is 6.42 Å². The maximum absolute atomic E-state index is 12.8. The van der Waals surface area contributed by atoms with Crippen molar-refractivity contribution in [1.82, 2.24) is 9.97 Å². The van der Waals surface area contributed by atoms with E-state index in [1.807, 2.05) is 30.3 Å². The fraction of sp³-hybridized carbons (Fsp3) is 0.345. The summed E-state index contributed by atoms with van der Waals surface area (Å²) in [5, 5.41) is 10.2. The van der Waals surface area contributed by atoms with Gasteiger partial charge in [0.15, 0.2) is 5.82 Å². The second-order valence-corrected chi connectivity index (χ2v) is 13.3. The monoisotopic (exact) mass is 612 g/mol. The van der Waals surface area contributed by atoms with Crippen molar-refractivity contribution >= 4 is 64.5 Å². The van der Waals surface area contributed by atoms with E-state index in [9.17, 15) is 9.36 Å². The van der Waals surface area contributed by atoms with Crippen LogP contribution in [0.2, 0.25) is 5.02 Å². The van der Waals surface area contributed by atoms with Gasteiger partial charge in [-0.05, 0) is 37.4 Å². The summed E-state index contributed by atoms with van der Waals surface area (Å²) < 4.78 is 29.0. The Bertz CT molecular complexity index is 1530. The van der Waals surface area contributed by atoms with Crippen LogP contribution in [0.3, 0.4) is 0 Å². The molecule has 3 aromatic rings. The summed E-state index contributed by atoms with van der Waals surface area (Å²) in [5.41, 5.74) is 2.46. The number of nitrogens with zero attached hydrogens (tertiary/aromatic N) is 3. The molecule has 0 unspecified atom stereocenters. The molecule has 0 spiro atoms. The van der Waals surface area contributed by atoms with Gasteiger partial charge in [0.1, 0.15) is 17.9 Å². The zero-order chi connectivity index (χ0) is 30.1. The minimum Gasteiger partial charge on any atom is -0.494 e. The van der Waals surface area contributed by atoms with Gasteiger partial charge < -0.3 is 39.6 Å². The molecule has 0 bridgehead atoms. The number of nitrogens with one attached hydrogen (secondary N) is 3. The van der Waals surface area contributed by atoms with Gasteiger partial charge in [0, 0.05) is 38.0 Å². The van der Waals surface area contributed by atoms with Crippen molar-refractivity contribution in [1.29, 1.82) is 0 Å². The highest BCUT2D eigenvalue weighted by molar-refractivity contribution is 7.70. The third-order valence-corrected chi connectivity index (χ3v) is 8.11. The van der Waals surface area contributed by atoms with Crippen molar-refractivity contribution < 1.29 is 23.6 Å². The number of morpholine rings is 1. The third-order valence-electron chi connectivity index (χ3n) is 6.28. The molecule has 0 saturated carbocycles. The lowest BCUT2D eigenvalue weighted by Gasteiger charge is -2.31. The molecule has 0 aliphatic carbocycles. The van der Waals surface area contributed by atoms with Gasteiger partial charge >= 0.3 is 0 Å². The standard InChI is InChI=1S/C29H34ClN6O5P/c1-39-14-8-7-11-27(37)32-22-17-23(25(40-2)18-24(22)36-12-15-41-16-13-36)34-29-31-19-20(30)28(35-29)33-21-9-5-6-10-26(21)42(3,4)38/h5-6,9-10,17-19H,8,12-16H2,1-4H3,(H,32,37)(H2,31,33,34,35). The number of methoxy groups -OCH3 is 2. The maximum Gasteiger partial charge on any atom is 0.300 e. The van der Waals surface area contributed by atoms with Gasteiger partial charge in [-0.25, -0.2) is 4.98 Å². The van der Waals surface area contributed by atoms with Crippen molar-refractivity contribution in [2.24, 2.45) is 0 Å². The van der Waals surface area contributed by atoms with Gasteiger partial charge in [-0.1, -0.05) is 29.7 Å². The largest absolute Gasteiger partial charge is 0.494 e. The van der Waals surface area contributed by atoms with Gasteiger partial charge in [-0.3, -0.25) is 4.79 Å². The van der Waals surface area contributed by atoms with Crippen LogP contribution in [0.15, 0.2) is 42.6 Å². The molecule has 1 aliphatic rings. The molecule has 2 aromatic carbocycles. The fourth-order valence-electron chi connectivity index (χ4n) is 4.26. The number of hydrogen-bond acceptors (Lipinski definition) is 10. The number of halogens is 1. The van der Waals surface area contributed by atoms with Crippen LogP contribution in [0.5, 0.6) is 5.75 Å². The number of rotatable bonds is 10. The lowest BCUT2D eigenvalue weighted by atomic mass is 10.1. The van der Waals surface area contributed by atoms with E-state index in [0.29, 0.717) is 73.3 Å². The van der Waals surface area contributed by atoms with Gasteiger partial charge in [0.2, 0.25) is 5.95 Å². The minimum absolute atomic E-state index is 0.226. The molecule has 1 aliphatic heterocycles. The summed E-state index contributed by atoms with van der Waals surface area (Å²) in [7, 11) is 0.568. The van der Waals surface area contributed by atoms with Crippen molar-refractivity contribution in [3.05, 3.63) is 47.6 Å². The molecule has 1 fully saturated rings. The second-order valence-electron chi connectivity index (χ2n) is 9.68. The second kappa shape index (κ2) is 14.4. The molecule has 1 aromatic heterocycles. The molecule has 4 rings (SSSR count). The summed E-state index contributed by atoms with van der Waals surface area (Å²) in [6, 6.07) is 10.9. The van der Waals surface area contributed by atoms with E-state index in [-0.39, 0.29) is 11.0 Å². The Morgan fingerprint density at radius 1 is 1.12 bits per heavy atom. The maximum atomic E-state index is 12.8. The fourth-order valence-corrected chi connectivity index (χ4v) is 5.56. The molecule has 13 heteroatoms. The molecule has 2 heterocycles. The Morgan fingerprint density at radius 3 is 2.60 bits per heavy atom. The molecule has 0 radical (unpaired) electrons. The number of benzene rings is 2. The molecule has 3 N–H and O–H groups in total. The smallest absolute Gasteiger partial charge is 0.300 e. The van der Waals surface area contributed by atoms with E-state index >= 15 is 0 Å². The number of anilines is 6. The topological polar surface area (TPSA) is 127 Å². The summed E-state index contributed by atoms with van der Waals surface area (Å²) in [6.45, 7) is 6.28. The zero-order valence-electron chi connectivity index (χ0n) is 24.0. The molecule has 222 valence electrons. The molecular formula is C29H34ClN6O5P. The summed E-state index contributed by atoms with van der Waals surface area (Å²) in [4.78, 5) is 23.7. The predicted molar refractivity (Wildman–Crippen MR) is 168 cm³/mol. The van der Waals surface area contributed by atoms with Crippen LogP contribution in [-0.4, -0.2) is 76.3 Å². The van der Waals surface area contributed by atoms with Crippen LogP contribution in [-0.2, 0) is 18.8 Å². The van der Waals surface area contributed by atoms with Gasteiger partial charge in [-0.15, -0.1) is 0 Å². The van der Waals surface area contributed by atoms with Crippen molar-refractivity contribution in [3.63, 3.8) is 0 Å². The van der Waals surface area contributed by atoms with Crippen LogP contribution in [0, 0.1) is 11.8 Å². The summed E-state index contributed by atoms with van der Waals surface area (Å²) in [5.74, 6) is 6.03. The van der Waals surface area contributed by atoms with Gasteiger partial charge in [0.25, 0.3) is 5.91 Å². The number of aromatic nitrogens is 2. The number of ether oxygens (including phenoxy) is 3. The lowest BCUT2D eigenvalue weighted by Crippen LogP contribution is -2.36. The first-order chi connectivity index (χ1) is 20.2. The van der Waals surface area contributed by atoms with E-state index in [0.717, 1.165) is 5.69 Å². The van der Waals surface area contributed by atoms with Crippen molar-refractivity contribution in [2.45, 2.75) is 6.42 Å². The molecule has 1 amide bonds. The first-order valence-electron chi connectivity index (χ1n) is 13.2. The van der Waals surface area contributed by atoms with Gasteiger partial charge in [-0.2, -0.15) is 4.98 Å².